The van der Waals surface area contributed by atoms with E-state index in [4.69, 9.17) is 0 Å². The predicted octanol–water partition coefficient (Wildman–Crippen LogP) is 2.67. The van der Waals surface area contributed by atoms with Gasteiger partial charge in [-0.1, -0.05) is 20.8 Å². The first kappa shape index (κ1) is 17.5. The van der Waals surface area contributed by atoms with E-state index < -0.39 is 0 Å². The minimum Gasteiger partial charge on any atom is -0.355 e. The number of hydrogen-bond acceptors (Lipinski definition) is 3. The number of carbonyl (C=O) groups excluding carboxylic acids is 1. The van der Waals surface area contributed by atoms with E-state index in [-0.39, 0.29) is 11.3 Å². The number of rotatable bonds is 5. The first-order chi connectivity index (χ1) is 11.3. The molecular weight excluding hydrogens is 300 g/mol. The molecule has 0 bridgehead atoms. The Morgan fingerprint density at radius 1 is 1.33 bits per heavy atom. The number of amides is 1. The summed E-state index contributed by atoms with van der Waals surface area (Å²) in [4.78, 5) is 14.6. The maximum absolute atomic E-state index is 12.1. The minimum atomic E-state index is -0.302. The summed E-state index contributed by atoms with van der Waals surface area (Å²) in [5.41, 5.74) is 2.54. The summed E-state index contributed by atoms with van der Waals surface area (Å²) in [6.45, 7) is 9.94. The number of aryl methyl sites for hydroxylation is 1. The van der Waals surface area contributed by atoms with Crippen molar-refractivity contribution in [1.29, 1.82) is 0 Å². The highest BCUT2D eigenvalue weighted by Crippen LogP contribution is 2.41. The molecule has 1 aromatic heterocycles. The second-order valence-electron chi connectivity index (χ2n) is 8.66. The van der Waals surface area contributed by atoms with E-state index in [0.717, 1.165) is 32.1 Å². The van der Waals surface area contributed by atoms with Gasteiger partial charge in [0, 0.05) is 49.3 Å². The van der Waals surface area contributed by atoms with Gasteiger partial charge in [0.2, 0.25) is 5.91 Å². The van der Waals surface area contributed by atoms with Gasteiger partial charge < -0.3 is 5.32 Å². The van der Waals surface area contributed by atoms with E-state index >= 15 is 0 Å². The van der Waals surface area contributed by atoms with Crippen LogP contribution < -0.4 is 5.32 Å². The quantitative estimate of drug-likeness (QED) is 0.902. The van der Waals surface area contributed by atoms with Crippen molar-refractivity contribution in [2.24, 2.45) is 18.4 Å². The van der Waals surface area contributed by atoms with Gasteiger partial charge >= 0.3 is 0 Å². The standard InChI is InChI=1S/C19H32N4O/c1-19(2,3)18(24)20-10-14-6-5-9-23(12-14)13-16-11-21-22(4)17(16)15-7-8-15/h11,14-15H,5-10,12-13H2,1-4H3,(H,20,24). The highest BCUT2D eigenvalue weighted by atomic mass is 16.2. The lowest BCUT2D eigenvalue weighted by Gasteiger charge is -2.33. The fourth-order valence-electron chi connectivity index (χ4n) is 3.70. The molecule has 1 N–H and O–H groups in total. The summed E-state index contributed by atoms with van der Waals surface area (Å²) < 4.78 is 2.07. The molecule has 0 aromatic carbocycles. The van der Waals surface area contributed by atoms with E-state index in [1.807, 2.05) is 20.8 Å². The number of hydrogen-bond donors (Lipinski definition) is 1. The van der Waals surface area contributed by atoms with Crippen molar-refractivity contribution >= 4 is 5.91 Å². The SMILES string of the molecule is Cn1ncc(CN2CCCC(CNC(=O)C(C)(C)C)C2)c1C1CC1. The second-order valence-corrected chi connectivity index (χ2v) is 8.66. The Kier molecular flexibility index (Phi) is 5.00. The maximum atomic E-state index is 12.1. The van der Waals surface area contributed by atoms with Crippen LogP contribution >= 0.6 is 0 Å². The molecule has 1 amide bonds. The van der Waals surface area contributed by atoms with Crippen molar-refractivity contribution in [3.63, 3.8) is 0 Å². The van der Waals surface area contributed by atoms with Crippen LogP contribution in [0.4, 0.5) is 0 Å². The molecule has 1 aliphatic heterocycles. The van der Waals surface area contributed by atoms with Gasteiger partial charge in [0.25, 0.3) is 0 Å². The van der Waals surface area contributed by atoms with Gasteiger partial charge in [-0.2, -0.15) is 5.10 Å². The van der Waals surface area contributed by atoms with Crippen LogP contribution in [0, 0.1) is 11.3 Å². The van der Waals surface area contributed by atoms with Gasteiger partial charge in [-0.25, -0.2) is 0 Å². The van der Waals surface area contributed by atoms with E-state index in [0.29, 0.717) is 5.92 Å². The minimum absolute atomic E-state index is 0.155. The molecule has 1 saturated carbocycles. The lowest BCUT2D eigenvalue weighted by molar-refractivity contribution is -0.128. The summed E-state index contributed by atoms with van der Waals surface area (Å²) in [5, 5.41) is 7.62. The third kappa shape index (κ3) is 4.18. The lowest BCUT2D eigenvalue weighted by atomic mass is 9.94. The number of aromatic nitrogens is 2. The Balaban J connectivity index is 1.53. The number of nitrogens with zero attached hydrogens (tertiary/aromatic N) is 3. The van der Waals surface area contributed by atoms with Crippen LogP contribution in [0.3, 0.4) is 0 Å². The summed E-state index contributed by atoms with van der Waals surface area (Å²) in [6, 6.07) is 0. The van der Waals surface area contributed by atoms with Crippen molar-refractivity contribution in [1.82, 2.24) is 20.0 Å². The molecule has 1 saturated heterocycles. The molecule has 1 aliphatic carbocycles. The zero-order valence-electron chi connectivity index (χ0n) is 15.6. The Hall–Kier alpha value is -1.36. The van der Waals surface area contributed by atoms with Crippen LogP contribution in [0.5, 0.6) is 0 Å². The molecular formula is C19H32N4O. The van der Waals surface area contributed by atoms with Gasteiger partial charge in [-0.15, -0.1) is 0 Å². The number of piperidine rings is 1. The largest absolute Gasteiger partial charge is 0.355 e. The van der Waals surface area contributed by atoms with Crippen LogP contribution in [-0.2, 0) is 18.4 Å². The number of likely N-dealkylation sites (tertiary alicyclic amines) is 1. The van der Waals surface area contributed by atoms with Gasteiger partial charge in [0.05, 0.1) is 6.20 Å². The van der Waals surface area contributed by atoms with E-state index in [2.05, 4.69) is 33.2 Å². The van der Waals surface area contributed by atoms with Crippen LogP contribution in [0.1, 0.15) is 63.6 Å². The second kappa shape index (κ2) is 6.87. The Labute approximate surface area is 145 Å². The maximum Gasteiger partial charge on any atom is 0.225 e. The molecule has 0 radical (unpaired) electrons. The van der Waals surface area contributed by atoms with Crippen molar-refractivity contribution in [3.8, 4) is 0 Å². The van der Waals surface area contributed by atoms with Crippen LogP contribution in [0.2, 0.25) is 0 Å². The molecule has 2 fully saturated rings. The fraction of sp³-hybridized carbons (Fsp3) is 0.789. The van der Waals surface area contributed by atoms with E-state index in [1.165, 1.54) is 36.9 Å². The molecule has 1 atom stereocenters. The molecule has 134 valence electrons. The smallest absolute Gasteiger partial charge is 0.225 e. The zero-order chi connectivity index (χ0) is 17.3. The van der Waals surface area contributed by atoms with Gasteiger partial charge in [0.15, 0.2) is 0 Å². The Bertz CT molecular complexity index is 583. The molecule has 3 rings (SSSR count). The summed E-state index contributed by atoms with van der Waals surface area (Å²) in [5.74, 6) is 1.45. The lowest BCUT2D eigenvalue weighted by Crippen LogP contribution is -2.43. The molecule has 2 aliphatic rings. The molecule has 5 heteroatoms. The summed E-state index contributed by atoms with van der Waals surface area (Å²) in [7, 11) is 2.07. The van der Waals surface area contributed by atoms with Crippen molar-refractivity contribution < 1.29 is 4.79 Å². The molecule has 1 aromatic rings. The molecule has 2 heterocycles. The number of carbonyl (C=O) groups is 1. The van der Waals surface area contributed by atoms with Gasteiger partial charge in [-0.05, 0) is 38.1 Å². The first-order valence-corrected chi connectivity index (χ1v) is 9.36. The Morgan fingerprint density at radius 3 is 2.75 bits per heavy atom. The van der Waals surface area contributed by atoms with Gasteiger partial charge in [-0.3, -0.25) is 14.4 Å². The van der Waals surface area contributed by atoms with Crippen molar-refractivity contribution in [2.75, 3.05) is 19.6 Å². The normalized spacial score (nSPS) is 22.6. The molecule has 24 heavy (non-hydrogen) atoms. The monoisotopic (exact) mass is 332 g/mol. The zero-order valence-corrected chi connectivity index (χ0v) is 15.6. The van der Waals surface area contributed by atoms with Crippen molar-refractivity contribution in [2.45, 2.75) is 58.9 Å². The van der Waals surface area contributed by atoms with Crippen LogP contribution in [0.15, 0.2) is 6.20 Å². The highest BCUT2D eigenvalue weighted by molar-refractivity contribution is 5.81. The van der Waals surface area contributed by atoms with E-state index in [1.54, 1.807) is 0 Å². The first-order valence-electron chi connectivity index (χ1n) is 9.36. The average Bonchev–Trinajstić information content (AvgIpc) is 3.29. The Morgan fingerprint density at radius 2 is 2.08 bits per heavy atom. The third-order valence-electron chi connectivity index (χ3n) is 5.26. The summed E-state index contributed by atoms with van der Waals surface area (Å²) >= 11 is 0. The molecule has 1 unspecified atom stereocenters. The fourth-order valence-corrected chi connectivity index (χ4v) is 3.70. The molecule has 0 spiro atoms. The van der Waals surface area contributed by atoms with Crippen LogP contribution in [0.25, 0.3) is 0 Å². The topological polar surface area (TPSA) is 50.2 Å². The number of nitrogens with one attached hydrogen (secondary N) is 1. The van der Waals surface area contributed by atoms with E-state index in [9.17, 15) is 4.79 Å². The third-order valence-corrected chi connectivity index (χ3v) is 5.26. The average molecular weight is 332 g/mol. The highest BCUT2D eigenvalue weighted by Gasteiger charge is 2.30. The predicted molar refractivity (Wildman–Crippen MR) is 95.6 cm³/mol. The van der Waals surface area contributed by atoms with Crippen LogP contribution in [-0.4, -0.2) is 40.2 Å². The van der Waals surface area contributed by atoms with Gasteiger partial charge in [0.1, 0.15) is 0 Å². The molecule has 5 nitrogen and oxygen atoms in total. The summed E-state index contributed by atoms with van der Waals surface area (Å²) in [6.07, 6.45) is 7.11. The van der Waals surface area contributed by atoms with Crippen molar-refractivity contribution in [3.05, 3.63) is 17.5 Å².